The highest BCUT2D eigenvalue weighted by molar-refractivity contribution is 7.90. The fourth-order valence-electron chi connectivity index (χ4n) is 2.21. The zero-order chi connectivity index (χ0) is 16.3. The van der Waals surface area contributed by atoms with Gasteiger partial charge in [0.15, 0.2) is 5.69 Å². The lowest BCUT2D eigenvalue weighted by molar-refractivity contribution is 0.0953. The highest BCUT2D eigenvalue weighted by Gasteiger charge is 2.17. The number of aromatic nitrogens is 2. The quantitative estimate of drug-likeness (QED) is 0.869. The summed E-state index contributed by atoms with van der Waals surface area (Å²) in [5, 5.41) is 2.62. The van der Waals surface area contributed by atoms with E-state index in [0.717, 1.165) is 24.0 Å². The second-order valence-electron chi connectivity index (χ2n) is 5.82. The van der Waals surface area contributed by atoms with Gasteiger partial charge in [0, 0.05) is 25.4 Å². The van der Waals surface area contributed by atoms with E-state index in [-0.39, 0.29) is 18.2 Å². The Morgan fingerprint density at radius 1 is 1.36 bits per heavy atom. The van der Waals surface area contributed by atoms with Crippen LogP contribution in [0.4, 0.5) is 0 Å². The molecule has 0 fully saturated rings. The van der Waals surface area contributed by atoms with E-state index in [1.807, 2.05) is 28.8 Å². The zero-order valence-electron chi connectivity index (χ0n) is 13.0. The van der Waals surface area contributed by atoms with Gasteiger partial charge >= 0.3 is 0 Å². The van der Waals surface area contributed by atoms with Gasteiger partial charge in [0.2, 0.25) is 0 Å². The molecule has 0 bridgehead atoms. The summed E-state index contributed by atoms with van der Waals surface area (Å²) in [5.74, 6) is 0.830. The third kappa shape index (κ3) is 4.07. The van der Waals surface area contributed by atoms with Crippen LogP contribution in [-0.4, -0.2) is 42.3 Å². The molecule has 0 saturated carbocycles. The van der Waals surface area contributed by atoms with Crippen molar-refractivity contribution in [2.24, 2.45) is 5.92 Å². The maximum Gasteiger partial charge on any atom is 0.272 e. The summed E-state index contributed by atoms with van der Waals surface area (Å²) in [4.78, 5) is 16.7. The van der Waals surface area contributed by atoms with Gasteiger partial charge in [-0.3, -0.25) is 4.79 Å². The van der Waals surface area contributed by atoms with Gasteiger partial charge in [-0.1, -0.05) is 19.9 Å². The molecule has 0 aliphatic heterocycles. The average Bonchev–Trinajstić information content (AvgIpc) is 2.76. The second kappa shape index (κ2) is 6.48. The largest absolute Gasteiger partial charge is 0.350 e. The molecule has 0 atom stereocenters. The number of imidazole rings is 1. The van der Waals surface area contributed by atoms with Gasteiger partial charge in [-0.2, -0.15) is 0 Å². The third-order valence-corrected chi connectivity index (χ3v) is 4.13. The standard InChI is InChI=1S/C15H21N3O3S/c1-11(2)10-13-17-14(12-6-4-5-8-18(12)13)15(19)16-7-9-22(3,20)21/h4-6,8,11H,7,9-10H2,1-3H3,(H,16,19). The number of fused-ring (bicyclic) bond motifs is 1. The number of hydrogen-bond donors (Lipinski definition) is 1. The fraction of sp³-hybridized carbons (Fsp3) is 0.467. The van der Waals surface area contributed by atoms with Gasteiger partial charge in [0.05, 0.1) is 11.3 Å². The lowest BCUT2D eigenvalue weighted by atomic mass is 10.1. The van der Waals surface area contributed by atoms with Gasteiger partial charge in [0.1, 0.15) is 15.7 Å². The molecule has 120 valence electrons. The molecule has 2 aromatic heterocycles. The Bertz CT molecular complexity index is 778. The van der Waals surface area contributed by atoms with Crippen molar-refractivity contribution in [1.82, 2.24) is 14.7 Å². The second-order valence-corrected chi connectivity index (χ2v) is 8.08. The molecule has 2 aromatic rings. The highest BCUT2D eigenvalue weighted by atomic mass is 32.2. The van der Waals surface area contributed by atoms with Crippen LogP contribution in [0.2, 0.25) is 0 Å². The number of pyridine rings is 1. The first-order valence-corrected chi connectivity index (χ1v) is 9.26. The maximum absolute atomic E-state index is 12.3. The van der Waals surface area contributed by atoms with Crippen molar-refractivity contribution in [3.05, 3.63) is 35.9 Å². The summed E-state index contributed by atoms with van der Waals surface area (Å²) in [6.45, 7) is 4.27. The van der Waals surface area contributed by atoms with Crippen LogP contribution >= 0.6 is 0 Å². The van der Waals surface area contributed by atoms with E-state index >= 15 is 0 Å². The number of nitrogens with one attached hydrogen (secondary N) is 1. The van der Waals surface area contributed by atoms with Crippen LogP contribution in [0.25, 0.3) is 5.52 Å². The van der Waals surface area contributed by atoms with Gasteiger partial charge in [-0.05, 0) is 18.1 Å². The summed E-state index contributed by atoms with van der Waals surface area (Å²) in [5.41, 5.74) is 1.07. The lowest BCUT2D eigenvalue weighted by Gasteiger charge is -2.03. The van der Waals surface area contributed by atoms with E-state index in [1.165, 1.54) is 0 Å². The summed E-state index contributed by atoms with van der Waals surface area (Å²) >= 11 is 0. The molecule has 0 aliphatic carbocycles. The van der Waals surface area contributed by atoms with Gasteiger partial charge < -0.3 is 9.72 Å². The predicted octanol–water partition coefficient (Wildman–Crippen LogP) is 1.31. The van der Waals surface area contributed by atoms with Crippen molar-refractivity contribution in [3.8, 4) is 0 Å². The maximum atomic E-state index is 12.3. The molecule has 1 amide bonds. The van der Waals surface area contributed by atoms with Crippen LogP contribution in [0.3, 0.4) is 0 Å². The SMILES string of the molecule is CC(C)Cc1nc(C(=O)NCCS(C)(=O)=O)c2ccccn12. The van der Waals surface area contributed by atoms with Crippen LogP contribution in [0, 0.1) is 5.92 Å². The number of rotatable bonds is 6. The number of nitrogens with zero attached hydrogens (tertiary/aromatic N) is 2. The Balaban J connectivity index is 2.25. The minimum atomic E-state index is -3.10. The molecule has 2 heterocycles. The van der Waals surface area contributed by atoms with E-state index in [4.69, 9.17) is 0 Å². The molecule has 0 unspecified atom stereocenters. The van der Waals surface area contributed by atoms with Crippen LogP contribution in [0.5, 0.6) is 0 Å². The number of carbonyl (C=O) groups is 1. The van der Waals surface area contributed by atoms with Crippen LogP contribution < -0.4 is 5.32 Å². The molecular formula is C15H21N3O3S. The molecule has 0 aromatic carbocycles. The van der Waals surface area contributed by atoms with E-state index in [1.54, 1.807) is 0 Å². The first-order valence-electron chi connectivity index (χ1n) is 7.20. The monoisotopic (exact) mass is 323 g/mol. The van der Waals surface area contributed by atoms with Crippen LogP contribution in [0.1, 0.15) is 30.2 Å². The van der Waals surface area contributed by atoms with Gasteiger partial charge in [0.25, 0.3) is 5.91 Å². The Labute approximate surface area is 130 Å². The van der Waals surface area contributed by atoms with E-state index in [0.29, 0.717) is 11.6 Å². The normalized spacial score (nSPS) is 12.0. The molecule has 0 radical (unpaired) electrons. The van der Waals surface area contributed by atoms with Crippen molar-refractivity contribution in [1.29, 1.82) is 0 Å². The predicted molar refractivity (Wildman–Crippen MR) is 85.8 cm³/mol. The van der Waals surface area contributed by atoms with E-state index < -0.39 is 9.84 Å². The number of sulfone groups is 1. The van der Waals surface area contributed by atoms with Crippen molar-refractivity contribution in [2.75, 3.05) is 18.6 Å². The highest BCUT2D eigenvalue weighted by Crippen LogP contribution is 2.15. The molecule has 0 spiro atoms. The molecule has 0 aliphatic rings. The molecule has 7 heteroatoms. The first-order chi connectivity index (χ1) is 10.3. The minimum absolute atomic E-state index is 0.0800. The van der Waals surface area contributed by atoms with E-state index in [2.05, 4.69) is 24.1 Å². The Morgan fingerprint density at radius 3 is 2.73 bits per heavy atom. The van der Waals surface area contributed by atoms with Crippen LogP contribution in [-0.2, 0) is 16.3 Å². The van der Waals surface area contributed by atoms with Crippen molar-refractivity contribution in [3.63, 3.8) is 0 Å². The molecule has 22 heavy (non-hydrogen) atoms. The minimum Gasteiger partial charge on any atom is -0.350 e. The molecule has 0 saturated heterocycles. The average molecular weight is 323 g/mol. The van der Waals surface area contributed by atoms with Crippen molar-refractivity contribution < 1.29 is 13.2 Å². The first kappa shape index (κ1) is 16.5. The summed E-state index contributed by atoms with van der Waals surface area (Å²) < 4.78 is 24.1. The smallest absolute Gasteiger partial charge is 0.272 e. The van der Waals surface area contributed by atoms with E-state index in [9.17, 15) is 13.2 Å². The Morgan fingerprint density at radius 2 is 2.09 bits per heavy atom. The molecule has 1 N–H and O–H groups in total. The number of amides is 1. The number of carbonyl (C=O) groups excluding carboxylic acids is 1. The number of hydrogen-bond acceptors (Lipinski definition) is 4. The Hall–Kier alpha value is -1.89. The summed E-state index contributed by atoms with van der Waals surface area (Å²) in [7, 11) is -3.10. The van der Waals surface area contributed by atoms with Crippen molar-refractivity contribution in [2.45, 2.75) is 20.3 Å². The van der Waals surface area contributed by atoms with Crippen molar-refractivity contribution >= 4 is 21.3 Å². The topological polar surface area (TPSA) is 80.5 Å². The third-order valence-electron chi connectivity index (χ3n) is 3.19. The van der Waals surface area contributed by atoms with Crippen LogP contribution in [0.15, 0.2) is 24.4 Å². The van der Waals surface area contributed by atoms with Gasteiger partial charge in [-0.15, -0.1) is 0 Å². The zero-order valence-corrected chi connectivity index (χ0v) is 13.9. The summed E-state index contributed by atoms with van der Waals surface area (Å²) in [6.07, 6.45) is 3.79. The lowest BCUT2D eigenvalue weighted by Crippen LogP contribution is -2.29. The molecular weight excluding hydrogens is 302 g/mol. The summed E-state index contributed by atoms with van der Waals surface area (Å²) in [6, 6.07) is 5.58. The molecule has 2 rings (SSSR count). The molecule has 6 nitrogen and oxygen atoms in total. The van der Waals surface area contributed by atoms with Gasteiger partial charge in [-0.25, -0.2) is 13.4 Å². The Kier molecular flexibility index (Phi) is 4.85. The fourth-order valence-corrected chi connectivity index (χ4v) is 2.68.